The fraction of sp³-hybridized carbons (Fsp3) is 0.154. The van der Waals surface area contributed by atoms with E-state index in [-0.39, 0.29) is 17.3 Å². The van der Waals surface area contributed by atoms with Gasteiger partial charge in [0.05, 0.1) is 30.4 Å². The lowest BCUT2D eigenvalue weighted by molar-refractivity contribution is -0.384. The number of rotatable bonds is 9. The molecule has 0 saturated carbocycles. The zero-order valence-electron chi connectivity index (χ0n) is 20.8. The van der Waals surface area contributed by atoms with Gasteiger partial charge in [-0.3, -0.25) is 14.9 Å². The van der Waals surface area contributed by atoms with Crippen molar-refractivity contribution in [2.75, 3.05) is 20.0 Å². The van der Waals surface area contributed by atoms with Gasteiger partial charge in [-0.05, 0) is 29.8 Å². The van der Waals surface area contributed by atoms with E-state index < -0.39 is 4.92 Å². The molecule has 0 saturated heterocycles. The monoisotopic (exact) mass is 564 g/mol. The van der Waals surface area contributed by atoms with E-state index in [1.54, 1.807) is 34.8 Å². The standard InChI is InChI=1S/C26H21ClN6O5S/c1-37-21-11-18-20(12-22(21)38-2)29-26(39-14-23(34)28-13-16-5-3-4-6-19(16)27)32-25(18)30-24(31-32)15-7-9-17(10-8-15)33(35)36/h3-12H,13-14H2,1-2H3,(H,28,34). The van der Waals surface area contributed by atoms with Gasteiger partial charge in [-0.2, -0.15) is 4.52 Å². The summed E-state index contributed by atoms with van der Waals surface area (Å²) < 4.78 is 12.5. The Balaban J connectivity index is 1.50. The van der Waals surface area contributed by atoms with Crippen molar-refractivity contribution in [1.29, 1.82) is 0 Å². The van der Waals surface area contributed by atoms with Gasteiger partial charge in [0, 0.05) is 40.7 Å². The first kappa shape index (κ1) is 26.2. The molecule has 5 rings (SSSR count). The quantitative estimate of drug-likeness (QED) is 0.114. The van der Waals surface area contributed by atoms with E-state index in [2.05, 4.69) is 10.4 Å². The molecule has 0 radical (unpaired) electrons. The number of methoxy groups -OCH3 is 2. The van der Waals surface area contributed by atoms with Gasteiger partial charge >= 0.3 is 0 Å². The molecule has 0 aliphatic carbocycles. The zero-order valence-corrected chi connectivity index (χ0v) is 22.3. The van der Waals surface area contributed by atoms with Gasteiger partial charge in [0.2, 0.25) is 5.91 Å². The van der Waals surface area contributed by atoms with Crippen LogP contribution in [0.1, 0.15) is 5.56 Å². The van der Waals surface area contributed by atoms with Crippen LogP contribution >= 0.6 is 23.4 Å². The Kier molecular flexibility index (Phi) is 7.48. The van der Waals surface area contributed by atoms with Crippen LogP contribution in [-0.4, -0.2) is 50.4 Å². The highest BCUT2D eigenvalue weighted by molar-refractivity contribution is 7.99. The maximum Gasteiger partial charge on any atom is 0.269 e. The van der Waals surface area contributed by atoms with E-state index in [1.165, 1.54) is 38.1 Å². The first-order chi connectivity index (χ1) is 18.9. The highest BCUT2D eigenvalue weighted by Crippen LogP contribution is 2.35. The van der Waals surface area contributed by atoms with Crippen LogP contribution in [0.15, 0.2) is 65.8 Å². The number of thioether (sulfide) groups is 1. The zero-order chi connectivity index (χ0) is 27.5. The van der Waals surface area contributed by atoms with Gasteiger partial charge in [-0.25, -0.2) is 9.97 Å². The van der Waals surface area contributed by atoms with Crippen molar-refractivity contribution in [3.8, 4) is 22.9 Å². The number of non-ortho nitro benzene ring substituents is 1. The summed E-state index contributed by atoms with van der Waals surface area (Å²) in [6, 6.07) is 16.7. The molecule has 0 unspecified atom stereocenters. The molecule has 1 amide bonds. The number of nitro benzene ring substituents is 1. The smallest absolute Gasteiger partial charge is 0.269 e. The summed E-state index contributed by atoms with van der Waals surface area (Å²) in [7, 11) is 3.07. The summed E-state index contributed by atoms with van der Waals surface area (Å²) in [5, 5.41) is 20.2. The third kappa shape index (κ3) is 5.42. The summed E-state index contributed by atoms with van der Waals surface area (Å²) in [5.41, 5.74) is 2.42. The number of fused-ring (bicyclic) bond motifs is 3. The number of aromatic nitrogens is 4. The summed E-state index contributed by atoms with van der Waals surface area (Å²) in [5.74, 6) is 1.19. The van der Waals surface area contributed by atoms with Gasteiger partial charge in [0.25, 0.3) is 5.69 Å². The van der Waals surface area contributed by atoms with Crippen molar-refractivity contribution in [2.24, 2.45) is 0 Å². The number of hydrogen-bond donors (Lipinski definition) is 1. The van der Waals surface area contributed by atoms with Gasteiger partial charge in [-0.1, -0.05) is 41.6 Å². The lowest BCUT2D eigenvalue weighted by atomic mass is 10.2. The largest absolute Gasteiger partial charge is 0.493 e. The predicted octanol–water partition coefficient (Wildman–Crippen LogP) is 4.93. The number of amides is 1. The second kappa shape index (κ2) is 11.1. The second-order valence-electron chi connectivity index (χ2n) is 8.25. The molecule has 0 atom stereocenters. The average molecular weight is 565 g/mol. The Bertz CT molecular complexity index is 1710. The predicted molar refractivity (Wildman–Crippen MR) is 148 cm³/mol. The first-order valence-electron chi connectivity index (χ1n) is 11.6. The molecular formula is C26H21ClN6O5S. The van der Waals surface area contributed by atoms with E-state index in [1.807, 2.05) is 18.2 Å². The van der Waals surface area contributed by atoms with Crippen LogP contribution in [0.2, 0.25) is 5.02 Å². The number of nitrogens with zero attached hydrogens (tertiary/aromatic N) is 5. The Morgan fingerprint density at radius 3 is 2.49 bits per heavy atom. The Hall–Kier alpha value is -4.42. The molecule has 198 valence electrons. The Morgan fingerprint density at radius 1 is 1.08 bits per heavy atom. The third-order valence-corrected chi connectivity index (χ3v) is 7.15. The van der Waals surface area contributed by atoms with Crippen LogP contribution in [0.25, 0.3) is 27.9 Å². The van der Waals surface area contributed by atoms with Crippen LogP contribution in [0.4, 0.5) is 5.69 Å². The topological polar surface area (TPSA) is 134 Å². The van der Waals surface area contributed by atoms with Crippen molar-refractivity contribution in [2.45, 2.75) is 11.7 Å². The van der Waals surface area contributed by atoms with Crippen molar-refractivity contribution < 1.29 is 19.2 Å². The van der Waals surface area contributed by atoms with Gasteiger partial charge in [-0.15, -0.1) is 5.10 Å². The Morgan fingerprint density at radius 2 is 1.79 bits per heavy atom. The molecule has 39 heavy (non-hydrogen) atoms. The number of nitrogens with one attached hydrogen (secondary N) is 1. The first-order valence-corrected chi connectivity index (χ1v) is 12.9. The number of ether oxygens (including phenoxy) is 2. The number of carbonyl (C=O) groups is 1. The van der Waals surface area contributed by atoms with Crippen molar-refractivity contribution >= 4 is 51.5 Å². The van der Waals surface area contributed by atoms with E-state index in [0.717, 1.165) is 5.56 Å². The molecule has 0 fully saturated rings. The minimum atomic E-state index is -0.469. The van der Waals surface area contributed by atoms with E-state index >= 15 is 0 Å². The number of nitro groups is 1. The van der Waals surface area contributed by atoms with Crippen LogP contribution in [0.5, 0.6) is 11.5 Å². The summed E-state index contributed by atoms with van der Waals surface area (Å²) in [4.78, 5) is 32.7. The Labute approximate surface area is 231 Å². The van der Waals surface area contributed by atoms with Crippen molar-refractivity contribution in [3.63, 3.8) is 0 Å². The number of benzene rings is 3. The lowest BCUT2D eigenvalue weighted by Gasteiger charge is -2.11. The molecule has 0 aliphatic heterocycles. The lowest BCUT2D eigenvalue weighted by Crippen LogP contribution is -2.24. The molecule has 11 nitrogen and oxygen atoms in total. The fourth-order valence-electron chi connectivity index (χ4n) is 3.87. The number of carbonyl (C=O) groups excluding carboxylic acids is 1. The summed E-state index contributed by atoms with van der Waals surface area (Å²) in [6.45, 7) is 0.296. The maximum absolute atomic E-state index is 12.7. The SMILES string of the molecule is COc1cc2nc(SCC(=O)NCc3ccccc3Cl)n3nc(-c4ccc([N+](=O)[O-])cc4)nc3c2cc1OC. The van der Waals surface area contributed by atoms with Gasteiger partial charge < -0.3 is 14.8 Å². The van der Waals surface area contributed by atoms with Crippen LogP contribution < -0.4 is 14.8 Å². The van der Waals surface area contributed by atoms with E-state index in [0.29, 0.717) is 56.2 Å². The number of hydrogen-bond acceptors (Lipinski definition) is 9. The minimum Gasteiger partial charge on any atom is -0.493 e. The molecule has 0 aliphatic rings. The number of halogens is 1. The van der Waals surface area contributed by atoms with E-state index in [4.69, 9.17) is 31.0 Å². The van der Waals surface area contributed by atoms with Crippen molar-refractivity contribution in [1.82, 2.24) is 24.9 Å². The maximum atomic E-state index is 12.7. The highest BCUT2D eigenvalue weighted by Gasteiger charge is 2.19. The van der Waals surface area contributed by atoms with Crippen LogP contribution in [0.3, 0.4) is 0 Å². The molecule has 3 aromatic carbocycles. The minimum absolute atomic E-state index is 0.0366. The average Bonchev–Trinajstić information content (AvgIpc) is 3.41. The van der Waals surface area contributed by atoms with Gasteiger partial charge in [0.1, 0.15) is 0 Å². The summed E-state index contributed by atoms with van der Waals surface area (Å²) in [6.07, 6.45) is 0. The second-order valence-corrected chi connectivity index (χ2v) is 9.60. The fourth-order valence-corrected chi connectivity index (χ4v) is 4.85. The molecule has 0 spiro atoms. The molecular weight excluding hydrogens is 544 g/mol. The van der Waals surface area contributed by atoms with E-state index in [9.17, 15) is 14.9 Å². The molecule has 5 aromatic rings. The van der Waals surface area contributed by atoms with Gasteiger partial charge in [0.15, 0.2) is 28.1 Å². The highest BCUT2D eigenvalue weighted by atomic mass is 35.5. The normalized spacial score (nSPS) is 11.1. The van der Waals surface area contributed by atoms with Crippen LogP contribution in [0, 0.1) is 10.1 Å². The molecule has 1 N–H and O–H groups in total. The molecule has 13 heteroatoms. The molecule has 2 heterocycles. The van der Waals surface area contributed by atoms with Crippen LogP contribution in [-0.2, 0) is 11.3 Å². The molecule has 0 bridgehead atoms. The summed E-state index contributed by atoms with van der Waals surface area (Å²) >= 11 is 7.38. The van der Waals surface area contributed by atoms with Crippen molar-refractivity contribution in [3.05, 3.63) is 81.4 Å². The molecule has 2 aromatic heterocycles. The third-order valence-electron chi connectivity index (χ3n) is 5.85.